The van der Waals surface area contributed by atoms with Gasteiger partial charge >= 0.3 is 0 Å². The fourth-order valence-corrected chi connectivity index (χ4v) is 7.69. The van der Waals surface area contributed by atoms with Gasteiger partial charge in [-0.05, 0) is 87.4 Å². The number of likely N-dealkylation sites (N-methyl/N-ethyl adjacent to an activating group) is 1. The Labute approximate surface area is 268 Å². The fraction of sp³-hybridized carbons (Fsp3) is 0.268. The SMILES string of the molecule is C=C(/C=C/C1=C(Cl)C(=C/C=C2/N(C)c3ccc4ccccc4c3C2(C)C)/CCC1)C(C)(C)c1c([NH2+]C)ccc2ccccc12. The Morgan fingerprint density at radius 3 is 2.30 bits per heavy atom. The van der Waals surface area contributed by atoms with Crippen LogP contribution < -0.4 is 10.2 Å². The third-order valence-corrected chi connectivity index (χ3v) is 10.5. The zero-order chi connectivity index (χ0) is 31.2. The van der Waals surface area contributed by atoms with Gasteiger partial charge in [0.25, 0.3) is 0 Å². The van der Waals surface area contributed by atoms with E-state index in [0.717, 1.165) is 29.9 Å². The van der Waals surface area contributed by atoms with Crippen molar-refractivity contribution in [2.24, 2.45) is 0 Å². The maximum atomic E-state index is 7.13. The van der Waals surface area contributed by atoms with Gasteiger partial charge in [0.1, 0.15) is 5.69 Å². The molecule has 1 aliphatic heterocycles. The number of quaternary nitrogens is 1. The molecule has 2 N–H and O–H groups in total. The molecule has 4 aromatic rings. The predicted molar refractivity (Wildman–Crippen MR) is 191 cm³/mol. The molecule has 0 atom stereocenters. The van der Waals surface area contributed by atoms with Crippen molar-refractivity contribution in [2.75, 3.05) is 19.0 Å². The minimum atomic E-state index is -0.248. The zero-order valence-electron chi connectivity index (χ0n) is 27.0. The molecule has 0 spiro atoms. The Hall–Kier alpha value is -3.85. The van der Waals surface area contributed by atoms with E-state index >= 15 is 0 Å². The van der Waals surface area contributed by atoms with Crippen LogP contribution in [0.3, 0.4) is 0 Å². The number of fused-ring (bicyclic) bond motifs is 4. The minimum Gasteiger partial charge on any atom is -0.347 e. The van der Waals surface area contributed by atoms with Crippen molar-refractivity contribution in [3.63, 3.8) is 0 Å². The quantitative estimate of drug-likeness (QED) is 0.173. The molecule has 3 heteroatoms. The molecule has 2 aliphatic rings. The first-order valence-electron chi connectivity index (χ1n) is 15.8. The zero-order valence-corrected chi connectivity index (χ0v) is 27.7. The van der Waals surface area contributed by atoms with Gasteiger partial charge in [0, 0.05) is 39.9 Å². The van der Waals surface area contributed by atoms with Crippen LogP contribution in [0, 0.1) is 0 Å². The lowest BCUT2D eigenvalue weighted by atomic mass is 9.75. The number of hydrogen-bond acceptors (Lipinski definition) is 1. The summed E-state index contributed by atoms with van der Waals surface area (Å²) in [6.07, 6.45) is 12.0. The Bertz CT molecular complexity index is 1910. The van der Waals surface area contributed by atoms with Crippen LogP contribution in [0.1, 0.15) is 58.1 Å². The van der Waals surface area contributed by atoms with E-state index in [4.69, 9.17) is 11.6 Å². The maximum absolute atomic E-state index is 7.13. The van der Waals surface area contributed by atoms with E-state index in [1.807, 2.05) is 0 Å². The highest BCUT2D eigenvalue weighted by Gasteiger charge is 2.39. The number of rotatable bonds is 6. The molecule has 0 unspecified atom stereocenters. The molecule has 0 aromatic heterocycles. The number of anilines is 1. The van der Waals surface area contributed by atoms with Gasteiger partial charge < -0.3 is 10.2 Å². The second-order valence-electron chi connectivity index (χ2n) is 13.3. The van der Waals surface area contributed by atoms with Gasteiger partial charge in [-0.2, -0.15) is 0 Å². The van der Waals surface area contributed by atoms with Gasteiger partial charge in [-0.1, -0.05) is 119 Å². The van der Waals surface area contributed by atoms with Gasteiger partial charge in [0.15, 0.2) is 0 Å². The number of nitrogens with two attached hydrogens (primary N) is 1. The Morgan fingerprint density at radius 1 is 0.909 bits per heavy atom. The van der Waals surface area contributed by atoms with Crippen LogP contribution in [0.15, 0.2) is 131 Å². The molecule has 4 aromatic carbocycles. The third kappa shape index (κ3) is 5.05. The highest BCUT2D eigenvalue weighted by molar-refractivity contribution is 6.32. The van der Waals surface area contributed by atoms with Crippen LogP contribution in [-0.2, 0) is 10.8 Å². The third-order valence-electron chi connectivity index (χ3n) is 9.98. The molecule has 2 nitrogen and oxygen atoms in total. The monoisotopic (exact) mass is 599 g/mol. The Balaban J connectivity index is 1.31. The number of halogens is 1. The van der Waals surface area contributed by atoms with Crippen molar-refractivity contribution >= 4 is 44.5 Å². The summed E-state index contributed by atoms with van der Waals surface area (Å²) in [4.78, 5) is 2.35. The van der Waals surface area contributed by atoms with Crippen LogP contribution in [0.25, 0.3) is 21.5 Å². The topological polar surface area (TPSA) is 19.9 Å². The molecule has 224 valence electrons. The predicted octanol–water partition coefficient (Wildman–Crippen LogP) is 10.1. The van der Waals surface area contributed by atoms with Crippen LogP contribution >= 0.6 is 11.6 Å². The van der Waals surface area contributed by atoms with Crippen LogP contribution in [0.4, 0.5) is 11.4 Å². The van der Waals surface area contributed by atoms with Gasteiger partial charge in [-0.25, -0.2) is 0 Å². The van der Waals surface area contributed by atoms with E-state index in [1.54, 1.807) is 0 Å². The molecule has 0 fully saturated rings. The molecule has 1 aliphatic carbocycles. The first-order valence-corrected chi connectivity index (χ1v) is 16.2. The lowest BCUT2D eigenvalue weighted by Gasteiger charge is -2.29. The molecule has 0 saturated heterocycles. The van der Waals surface area contributed by atoms with Crippen molar-refractivity contribution in [3.8, 4) is 0 Å². The number of nitrogens with zero attached hydrogens (tertiary/aromatic N) is 1. The van der Waals surface area contributed by atoms with Gasteiger partial charge in [0.2, 0.25) is 0 Å². The molecule has 0 amide bonds. The summed E-state index contributed by atoms with van der Waals surface area (Å²) in [5, 5.41) is 8.24. The molecule has 0 saturated carbocycles. The summed E-state index contributed by atoms with van der Waals surface area (Å²) in [5.41, 5.74) is 9.65. The number of benzene rings is 4. The lowest BCUT2D eigenvalue weighted by molar-refractivity contribution is -0.540. The van der Waals surface area contributed by atoms with Crippen molar-refractivity contribution in [1.82, 2.24) is 0 Å². The van der Waals surface area contributed by atoms with Gasteiger partial charge in [-0.15, -0.1) is 0 Å². The van der Waals surface area contributed by atoms with Crippen LogP contribution in [0.5, 0.6) is 0 Å². The van der Waals surface area contributed by atoms with E-state index in [9.17, 15) is 0 Å². The largest absolute Gasteiger partial charge is 0.347 e. The second-order valence-corrected chi connectivity index (χ2v) is 13.7. The minimum absolute atomic E-state index is 0.116. The molecule has 44 heavy (non-hydrogen) atoms. The molecule has 0 bridgehead atoms. The first-order chi connectivity index (χ1) is 21.1. The fourth-order valence-electron chi connectivity index (χ4n) is 7.38. The first kappa shape index (κ1) is 30.2. The summed E-state index contributed by atoms with van der Waals surface area (Å²) in [5.74, 6) is 0. The van der Waals surface area contributed by atoms with Gasteiger partial charge in [-0.3, -0.25) is 0 Å². The Kier molecular flexibility index (Phi) is 7.94. The lowest BCUT2D eigenvalue weighted by Crippen LogP contribution is -2.73. The highest BCUT2D eigenvalue weighted by atomic mass is 35.5. The molecule has 6 rings (SSSR count). The molecular weight excluding hydrogens is 556 g/mol. The van der Waals surface area contributed by atoms with Crippen molar-refractivity contribution in [2.45, 2.75) is 57.8 Å². The maximum Gasteiger partial charge on any atom is 0.134 e. The van der Waals surface area contributed by atoms with Crippen molar-refractivity contribution in [3.05, 3.63) is 142 Å². The van der Waals surface area contributed by atoms with Crippen molar-refractivity contribution < 1.29 is 5.32 Å². The average molecular weight is 600 g/mol. The second kappa shape index (κ2) is 11.6. The average Bonchev–Trinajstić information content (AvgIpc) is 3.22. The van der Waals surface area contributed by atoms with Gasteiger partial charge in [0.05, 0.1) is 7.05 Å². The number of allylic oxidation sites excluding steroid dienone is 9. The molecule has 1 heterocycles. The summed E-state index contributed by atoms with van der Waals surface area (Å²) in [6.45, 7) is 13.8. The van der Waals surface area contributed by atoms with Crippen LogP contribution in [-0.4, -0.2) is 14.1 Å². The van der Waals surface area contributed by atoms with Crippen molar-refractivity contribution in [1.29, 1.82) is 0 Å². The van der Waals surface area contributed by atoms with E-state index in [2.05, 4.69) is 156 Å². The molecule has 0 radical (unpaired) electrons. The summed E-state index contributed by atoms with van der Waals surface area (Å²) >= 11 is 7.13. The van der Waals surface area contributed by atoms with E-state index in [-0.39, 0.29) is 10.8 Å². The summed E-state index contributed by atoms with van der Waals surface area (Å²) in [6, 6.07) is 26.3. The highest BCUT2D eigenvalue weighted by Crippen LogP contribution is 2.50. The van der Waals surface area contributed by atoms with E-state index in [1.165, 1.54) is 60.9 Å². The Morgan fingerprint density at radius 2 is 1.57 bits per heavy atom. The molecular formula is C41H44ClN2+. The summed E-state index contributed by atoms with van der Waals surface area (Å²) < 4.78 is 0. The summed E-state index contributed by atoms with van der Waals surface area (Å²) in [7, 11) is 4.30. The smallest absolute Gasteiger partial charge is 0.134 e. The standard InChI is InChI=1S/C41H43ClN2/c1-27(40(2,3)37-32-17-10-8-13-28(32)21-24-34(37)43-6)19-20-30-15-12-16-31(39(30)42)23-26-36-41(4,5)38-33-18-11-9-14-29(33)22-25-35(38)44(36)7/h8-11,13-14,17-26,43H,1,12,15-16H2,2-7H3/p+1/b20-19+,31-23+,36-26+. The van der Waals surface area contributed by atoms with E-state index in [0.29, 0.717) is 0 Å². The number of hydrogen-bond donors (Lipinski definition) is 1. The van der Waals surface area contributed by atoms with E-state index < -0.39 is 0 Å². The van der Waals surface area contributed by atoms with Crippen LogP contribution in [0.2, 0.25) is 0 Å². The normalized spacial score (nSPS) is 18.8.